The number of halogens is 1. The van der Waals surface area contributed by atoms with E-state index in [0.717, 1.165) is 21.7 Å². The first-order valence-corrected chi connectivity index (χ1v) is 9.66. The summed E-state index contributed by atoms with van der Waals surface area (Å²) in [6, 6.07) is 7.55. The minimum atomic E-state index is -0.465. The van der Waals surface area contributed by atoms with Crippen molar-refractivity contribution in [2.75, 3.05) is 13.7 Å². The number of rotatable bonds is 7. The van der Waals surface area contributed by atoms with Gasteiger partial charge in [-0.25, -0.2) is 14.8 Å². The molecule has 1 atom stereocenters. The molecule has 27 heavy (non-hydrogen) atoms. The Morgan fingerprint density at radius 3 is 2.85 bits per heavy atom. The number of carbonyl (C=O) groups is 1. The van der Waals surface area contributed by atoms with E-state index in [1.165, 1.54) is 7.11 Å². The van der Waals surface area contributed by atoms with Crippen LogP contribution in [0.15, 0.2) is 29.6 Å². The predicted molar refractivity (Wildman–Crippen MR) is 106 cm³/mol. The van der Waals surface area contributed by atoms with Gasteiger partial charge in [-0.2, -0.15) is 0 Å². The van der Waals surface area contributed by atoms with Crippen LogP contribution in [0.3, 0.4) is 0 Å². The molecule has 142 valence electrons. The number of methoxy groups -OCH3 is 1. The number of aromatic nitrogens is 2. The Hall–Kier alpha value is -2.22. The Morgan fingerprint density at radius 2 is 2.15 bits per heavy atom. The molecule has 0 aliphatic heterocycles. The van der Waals surface area contributed by atoms with Gasteiger partial charge in [0.2, 0.25) is 5.88 Å². The molecule has 8 heteroatoms. The van der Waals surface area contributed by atoms with Crippen molar-refractivity contribution in [1.29, 1.82) is 0 Å². The normalized spacial score (nSPS) is 12.1. The Bertz CT molecular complexity index is 961. The van der Waals surface area contributed by atoms with Crippen LogP contribution in [0.2, 0.25) is 5.02 Å². The van der Waals surface area contributed by atoms with Crippen LogP contribution >= 0.6 is 22.9 Å². The summed E-state index contributed by atoms with van der Waals surface area (Å²) in [5.41, 5.74) is 2.54. The second-order valence-electron chi connectivity index (χ2n) is 6.05. The number of nitrogens with one attached hydrogen (secondary N) is 1. The maximum Gasteiger partial charge on any atom is 0.343 e. The van der Waals surface area contributed by atoms with E-state index >= 15 is 0 Å². The molecule has 0 bridgehead atoms. The summed E-state index contributed by atoms with van der Waals surface area (Å²) in [7, 11) is 1.32. The van der Waals surface area contributed by atoms with Crippen LogP contribution in [-0.2, 0) is 16.1 Å². The van der Waals surface area contributed by atoms with Crippen LogP contribution in [0.25, 0.3) is 10.9 Å². The maximum absolute atomic E-state index is 11.4. The highest BCUT2D eigenvalue weighted by atomic mass is 35.5. The molecule has 1 aromatic carbocycles. The first kappa shape index (κ1) is 19.5. The topological polar surface area (TPSA) is 73.3 Å². The molecule has 0 saturated heterocycles. The van der Waals surface area contributed by atoms with E-state index in [9.17, 15) is 4.79 Å². The molecule has 0 fully saturated rings. The van der Waals surface area contributed by atoms with Crippen molar-refractivity contribution in [2.45, 2.75) is 26.4 Å². The second kappa shape index (κ2) is 8.65. The monoisotopic (exact) mass is 405 g/mol. The van der Waals surface area contributed by atoms with Gasteiger partial charge in [0.1, 0.15) is 0 Å². The van der Waals surface area contributed by atoms with E-state index in [1.807, 2.05) is 30.5 Å². The lowest BCUT2D eigenvalue weighted by Crippen LogP contribution is -2.20. The first-order valence-electron chi connectivity index (χ1n) is 8.40. The molecular weight excluding hydrogens is 386 g/mol. The summed E-state index contributed by atoms with van der Waals surface area (Å²) >= 11 is 7.68. The van der Waals surface area contributed by atoms with Crippen LogP contribution in [0.1, 0.15) is 29.2 Å². The minimum absolute atomic E-state index is 0.0734. The lowest BCUT2D eigenvalue weighted by Gasteiger charge is -2.15. The zero-order chi connectivity index (χ0) is 19.4. The number of esters is 1. The van der Waals surface area contributed by atoms with Crippen molar-refractivity contribution < 1.29 is 14.3 Å². The molecule has 1 unspecified atom stereocenters. The van der Waals surface area contributed by atoms with Crippen molar-refractivity contribution in [3.8, 4) is 5.88 Å². The summed E-state index contributed by atoms with van der Waals surface area (Å²) < 4.78 is 10.2. The van der Waals surface area contributed by atoms with Gasteiger partial charge in [0.15, 0.2) is 6.61 Å². The number of pyridine rings is 1. The summed E-state index contributed by atoms with van der Waals surface area (Å²) in [4.78, 5) is 20.5. The van der Waals surface area contributed by atoms with Gasteiger partial charge in [-0.1, -0.05) is 17.7 Å². The minimum Gasteiger partial charge on any atom is -0.466 e. The summed E-state index contributed by atoms with van der Waals surface area (Å²) in [6.45, 7) is 4.35. The van der Waals surface area contributed by atoms with E-state index in [2.05, 4.69) is 26.9 Å². The molecule has 2 aromatic heterocycles. The SMILES string of the molecule is COC(=O)COc1nc2cc(Cl)ccc2cc1CNC(C)c1csc(C)n1. The van der Waals surface area contributed by atoms with Gasteiger partial charge in [-0.3, -0.25) is 0 Å². The Kier molecular flexibility index (Phi) is 6.26. The lowest BCUT2D eigenvalue weighted by molar-refractivity contribution is -0.143. The van der Waals surface area contributed by atoms with Crippen LogP contribution in [-0.4, -0.2) is 29.7 Å². The predicted octanol–water partition coefficient (Wildman–Crippen LogP) is 4.06. The third-order valence-corrected chi connectivity index (χ3v) is 5.08. The lowest BCUT2D eigenvalue weighted by atomic mass is 10.1. The Labute approximate surface area is 166 Å². The van der Waals surface area contributed by atoms with Crippen molar-refractivity contribution in [1.82, 2.24) is 15.3 Å². The van der Waals surface area contributed by atoms with Crippen LogP contribution < -0.4 is 10.1 Å². The molecule has 3 aromatic rings. The number of carbonyl (C=O) groups excluding carboxylic acids is 1. The fourth-order valence-electron chi connectivity index (χ4n) is 2.55. The van der Waals surface area contributed by atoms with Crippen LogP contribution in [0.4, 0.5) is 0 Å². The Morgan fingerprint density at radius 1 is 1.33 bits per heavy atom. The van der Waals surface area contributed by atoms with E-state index in [-0.39, 0.29) is 12.6 Å². The molecule has 6 nitrogen and oxygen atoms in total. The average molecular weight is 406 g/mol. The first-order chi connectivity index (χ1) is 13.0. The Balaban J connectivity index is 1.84. The molecule has 0 spiro atoms. The molecule has 0 radical (unpaired) electrons. The van der Waals surface area contributed by atoms with Gasteiger partial charge >= 0.3 is 5.97 Å². The molecule has 0 aliphatic rings. The molecule has 2 heterocycles. The van der Waals surface area contributed by atoms with Gasteiger partial charge in [0, 0.05) is 33.9 Å². The highest BCUT2D eigenvalue weighted by molar-refractivity contribution is 7.09. The zero-order valence-corrected chi connectivity index (χ0v) is 16.9. The van der Waals surface area contributed by atoms with Crippen molar-refractivity contribution in [3.63, 3.8) is 0 Å². The number of fused-ring (bicyclic) bond motifs is 1. The maximum atomic E-state index is 11.4. The average Bonchev–Trinajstić information content (AvgIpc) is 3.10. The van der Waals surface area contributed by atoms with E-state index in [1.54, 1.807) is 17.4 Å². The van der Waals surface area contributed by atoms with Gasteiger partial charge in [-0.15, -0.1) is 11.3 Å². The third-order valence-electron chi connectivity index (χ3n) is 4.05. The zero-order valence-electron chi connectivity index (χ0n) is 15.3. The summed E-state index contributed by atoms with van der Waals surface area (Å²) in [5.74, 6) is -0.0856. The van der Waals surface area contributed by atoms with Gasteiger partial charge in [0.25, 0.3) is 0 Å². The summed E-state index contributed by atoms with van der Waals surface area (Å²) in [5, 5.41) is 8.04. The van der Waals surface area contributed by atoms with Crippen molar-refractivity contribution in [2.24, 2.45) is 0 Å². The third kappa shape index (κ3) is 4.94. The quantitative estimate of drug-likeness (QED) is 0.597. The number of thiazole rings is 1. The van der Waals surface area contributed by atoms with E-state index < -0.39 is 5.97 Å². The molecular formula is C19H20ClN3O3S. The number of hydrogen-bond acceptors (Lipinski definition) is 7. The molecule has 0 aliphatic carbocycles. The van der Waals surface area contributed by atoms with Crippen molar-refractivity contribution >= 4 is 39.8 Å². The molecule has 1 N–H and O–H groups in total. The smallest absolute Gasteiger partial charge is 0.343 e. The van der Waals surface area contributed by atoms with Gasteiger partial charge in [-0.05, 0) is 32.0 Å². The van der Waals surface area contributed by atoms with Crippen molar-refractivity contribution in [3.05, 3.63) is 50.9 Å². The molecule has 0 amide bonds. The fourth-order valence-corrected chi connectivity index (χ4v) is 3.42. The molecule has 3 rings (SSSR count). The van der Waals surface area contributed by atoms with Gasteiger partial charge in [0.05, 0.1) is 23.3 Å². The number of hydrogen-bond donors (Lipinski definition) is 1. The van der Waals surface area contributed by atoms with E-state index in [4.69, 9.17) is 16.3 Å². The van der Waals surface area contributed by atoms with E-state index in [0.29, 0.717) is 23.0 Å². The molecule has 0 saturated carbocycles. The standard InChI is InChI=1S/C19H20ClN3O3S/c1-11(17-10-27-12(2)22-17)21-8-14-6-13-4-5-15(20)7-16(13)23-19(14)26-9-18(24)25-3/h4-7,10-11,21H,8-9H2,1-3H3. The van der Waals surface area contributed by atoms with Crippen LogP contribution in [0, 0.1) is 6.92 Å². The number of nitrogens with zero attached hydrogens (tertiary/aromatic N) is 2. The fraction of sp³-hybridized carbons (Fsp3) is 0.316. The highest BCUT2D eigenvalue weighted by Crippen LogP contribution is 2.26. The number of aryl methyl sites for hydroxylation is 1. The summed E-state index contributed by atoms with van der Waals surface area (Å²) in [6.07, 6.45) is 0. The van der Waals surface area contributed by atoms with Gasteiger partial charge < -0.3 is 14.8 Å². The largest absolute Gasteiger partial charge is 0.466 e. The highest BCUT2D eigenvalue weighted by Gasteiger charge is 2.14. The van der Waals surface area contributed by atoms with Crippen LogP contribution in [0.5, 0.6) is 5.88 Å². The second-order valence-corrected chi connectivity index (χ2v) is 7.55. The number of ether oxygens (including phenoxy) is 2. The number of benzene rings is 1.